The highest BCUT2D eigenvalue weighted by molar-refractivity contribution is 7.98. The van der Waals surface area contributed by atoms with E-state index in [0.29, 0.717) is 5.88 Å². The fourth-order valence-corrected chi connectivity index (χ4v) is 1.98. The molecule has 0 saturated heterocycles. The van der Waals surface area contributed by atoms with Crippen LogP contribution in [0.5, 0.6) is 5.88 Å². The van der Waals surface area contributed by atoms with Crippen molar-refractivity contribution in [2.24, 2.45) is 0 Å². The maximum atomic E-state index is 5.18. The van der Waals surface area contributed by atoms with Gasteiger partial charge in [-0.25, -0.2) is 4.98 Å². The van der Waals surface area contributed by atoms with Crippen LogP contribution in [-0.2, 0) is 6.42 Å². The van der Waals surface area contributed by atoms with Crippen molar-refractivity contribution >= 4 is 11.8 Å². The number of likely N-dealkylation sites (N-methyl/N-ethyl adjacent to an activating group) is 1. The Kier molecular flexibility index (Phi) is 6.29. The van der Waals surface area contributed by atoms with Crippen molar-refractivity contribution in [2.45, 2.75) is 25.4 Å². The van der Waals surface area contributed by atoms with Crippen molar-refractivity contribution in [3.8, 4) is 5.88 Å². The van der Waals surface area contributed by atoms with E-state index in [0.717, 1.165) is 36.9 Å². The van der Waals surface area contributed by atoms with Gasteiger partial charge in [-0.3, -0.25) is 0 Å². The molecule has 17 heavy (non-hydrogen) atoms. The summed E-state index contributed by atoms with van der Waals surface area (Å²) >= 11 is 1.54. The van der Waals surface area contributed by atoms with E-state index in [2.05, 4.69) is 28.7 Å². The molecule has 1 aromatic heterocycles. The predicted molar refractivity (Wildman–Crippen MR) is 71.9 cm³/mol. The first kappa shape index (κ1) is 14.3. The van der Waals surface area contributed by atoms with E-state index in [1.165, 1.54) is 0 Å². The molecule has 0 atom stereocenters. The average Bonchev–Trinajstić information content (AvgIpc) is 2.39. The largest absolute Gasteiger partial charge is 0.481 e. The zero-order valence-corrected chi connectivity index (χ0v) is 11.9. The minimum atomic E-state index is 0.652. The predicted octanol–water partition coefficient (Wildman–Crippen LogP) is 2.09. The lowest BCUT2D eigenvalue weighted by atomic mass is 10.3. The van der Waals surface area contributed by atoms with Gasteiger partial charge >= 0.3 is 0 Å². The van der Waals surface area contributed by atoms with Crippen LogP contribution in [0.2, 0.25) is 0 Å². The Labute approximate surface area is 108 Å². The van der Waals surface area contributed by atoms with E-state index in [9.17, 15) is 0 Å². The van der Waals surface area contributed by atoms with Crippen LogP contribution >= 0.6 is 11.8 Å². The van der Waals surface area contributed by atoms with Crippen LogP contribution < -0.4 is 4.74 Å². The number of hydrogen-bond donors (Lipinski definition) is 0. The quantitative estimate of drug-likeness (QED) is 0.551. The Morgan fingerprint density at radius 2 is 2.00 bits per heavy atom. The second-order valence-electron chi connectivity index (χ2n) is 3.67. The van der Waals surface area contributed by atoms with Crippen LogP contribution in [-0.4, -0.2) is 47.9 Å². The molecule has 0 fully saturated rings. The lowest BCUT2D eigenvalue weighted by Gasteiger charge is -2.17. The molecule has 0 aliphatic heterocycles. The summed E-state index contributed by atoms with van der Waals surface area (Å²) in [5, 5.41) is 0.777. The highest BCUT2D eigenvalue weighted by Crippen LogP contribution is 2.15. The molecule has 0 aliphatic carbocycles. The number of thioether (sulfide) groups is 1. The maximum absolute atomic E-state index is 5.18. The molecule has 0 unspecified atom stereocenters. The fourth-order valence-electron chi connectivity index (χ4n) is 1.59. The molecular weight excluding hydrogens is 234 g/mol. The highest BCUT2D eigenvalue weighted by Gasteiger charge is 2.06. The molecule has 4 nitrogen and oxygen atoms in total. The van der Waals surface area contributed by atoms with E-state index in [1.54, 1.807) is 18.9 Å². The molecule has 96 valence electrons. The van der Waals surface area contributed by atoms with Crippen LogP contribution in [0.15, 0.2) is 11.2 Å². The van der Waals surface area contributed by atoms with Gasteiger partial charge in [0, 0.05) is 19.0 Å². The second-order valence-corrected chi connectivity index (χ2v) is 4.44. The molecule has 5 heteroatoms. The van der Waals surface area contributed by atoms with E-state index in [1.807, 2.05) is 12.3 Å². The second kappa shape index (κ2) is 7.50. The summed E-state index contributed by atoms with van der Waals surface area (Å²) in [5.74, 6) is 0.652. The van der Waals surface area contributed by atoms with Crippen molar-refractivity contribution in [2.75, 3.05) is 33.0 Å². The fraction of sp³-hybridized carbons (Fsp3) is 0.667. The van der Waals surface area contributed by atoms with Gasteiger partial charge in [0.05, 0.1) is 12.8 Å². The topological polar surface area (TPSA) is 38.2 Å². The minimum Gasteiger partial charge on any atom is -0.481 e. The molecule has 0 aliphatic rings. The molecule has 0 N–H and O–H groups in total. The molecule has 1 rings (SSSR count). The number of ether oxygens (including phenoxy) is 1. The van der Waals surface area contributed by atoms with Gasteiger partial charge < -0.3 is 9.64 Å². The number of aromatic nitrogens is 2. The SMILES string of the molecule is CCN(CC)CCc1cc(OC)nc(SC)n1. The Morgan fingerprint density at radius 3 is 2.53 bits per heavy atom. The third-order valence-corrected chi connectivity index (χ3v) is 3.25. The summed E-state index contributed by atoms with van der Waals surface area (Å²) in [6, 6.07) is 1.92. The molecule has 0 spiro atoms. The van der Waals surface area contributed by atoms with Gasteiger partial charge in [0.25, 0.3) is 0 Å². The van der Waals surface area contributed by atoms with Gasteiger partial charge in [-0.15, -0.1) is 0 Å². The van der Waals surface area contributed by atoms with E-state index >= 15 is 0 Å². The van der Waals surface area contributed by atoms with Crippen molar-refractivity contribution in [1.82, 2.24) is 14.9 Å². The highest BCUT2D eigenvalue weighted by atomic mass is 32.2. The van der Waals surface area contributed by atoms with Gasteiger partial charge in [-0.2, -0.15) is 4.98 Å². The molecule has 1 heterocycles. The Balaban J connectivity index is 2.69. The zero-order chi connectivity index (χ0) is 12.7. The standard InChI is InChI=1S/C12H21N3OS/c1-5-15(6-2)8-7-10-9-11(16-3)14-12(13-10)17-4/h9H,5-8H2,1-4H3. The van der Waals surface area contributed by atoms with E-state index < -0.39 is 0 Å². The lowest BCUT2D eigenvalue weighted by molar-refractivity contribution is 0.306. The number of hydrogen-bond acceptors (Lipinski definition) is 5. The maximum Gasteiger partial charge on any atom is 0.217 e. The van der Waals surface area contributed by atoms with Crippen LogP contribution in [0.4, 0.5) is 0 Å². The molecular formula is C12H21N3OS. The Morgan fingerprint density at radius 1 is 1.29 bits per heavy atom. The number of nitrogens with zero attached hydrogens (tertiary/aromatic N) is 3. The zero-order valence-electron chi connectivity index (χ0n) is 11.1. The third kappa shape index (κ3) is 4.52. The smallest absolute Gasteiger partial charge is 0.217 e. The van der Waals surface area contributed by atoms with Crippen LogP contribution in [0.25, 0.3) is 0 Å². The minimum absolute atomic E-state index is 0.652. The molecule has 1 aromatic rings. The summed E-state index contributed by atoms with van der Waals surface area (Å²) < 4.78 is 5.18. The van der Waals surface area contributed by atoms with E-state index in [-0.39, 0.29) is 0 Å². The first-order valence-electron chi connectivity index (χ1n) is 5.91. The van der Waals surface area contributed by atoms with Gasteiger partial charge in [0.1, 0.15) is 0 Å². The Bertz CT molecular complexity index is 320. The van der Waals surface area contributed by atoms with Gasteiger partial charge in [0.15, 0.2) is 5.16 Å². The van der Waals surface area contributed by atoms with Crippen LogP contribution in [0.3, 0.4) is 0 Å². The summed E-state index contributed by atoms with van der Waals surface area (Å²) in [6.07, 6.45) is 2.91. The molecule has 0 saturated carbocycles. The van der Waals surface area contributed by atoms with Crippen molar-refractivity contribution in [1.29, 1.82) is 0 Å². The summed E-state index contributed by atoms with van der Waals surface area (Å²) in [6.45, 7) is 7.54. The molecule has 0 radical (unpaired) electrons. The van der Waals surface area contributed by atoms with Crippen molar-refractivity contribution in [3.63, 3.8) is 0 Å². The van der Waals surface area contributed by atoms with Crippen molar-refractivity contribution in [3.05, 3.63) is 11.8 Å². The molecule has 0 amide bonds. The average molecular weight is 255 g/mol. The first-order chi connectivity index (χ1) is 8.23. The van der Waals surface area contributed by atoms with Gasteiger partial charge in [-0.1, -0.05) is 25.6 Å². The van der Waals surface area contributed by atoms with E-state index in [4.69, 9.17) is 4.74 Å². The summed E-state index contributed by atoms with van der Waals surface area (Å²) in [4.78, 5) is 11.1. The monoisotopic (exact) mass is 255 g/mol. The third-order valence-electron chi connectivity index (χ3n) is 2.71. The van der Waals surface area contributed by atoms with Crippen LogP contribution in [0.1, 0.15) is 19.5 Å². The number of rotatable bonds is 7. The first-order valence-corrected chi connectivity index (χ1v) is 7.14. The van der Waals surface area contributed by atoms with Crippen molar-refractivity contribution < 1.29 is 4.74 Å². The lowest BCUT2D eigenvalue weighted by Crippen LogP contribution is -2.25. The normalized spacial score (nSPS) is 10.9. The van der Waals surface area contributed by atoms with Gasteiger partial charge in [0.2, 0.25) is 5.88 Å². The van der Waals surface area contributed by atoms with Gasteiger partial charge in [-0.05, 0) is 19.3 Å². The van der Waals surface area contributed by atoms with Crippen LogP contribution in [0, 0.1) is 0 Å². The molecule has 0 aromatic carbocycles. The Hall–Kier alpha value is -0.810. The summed E-state index contributed by atoms with van der Waals surface area (Å²) in [5.41, 5.74) is 1.05. The molecule has 0 bridgehead atoms. The summed E-state index contributed by atoms with van der Waals surface area (Å²) in [7, 11) is 1.64. The number of methoxy groups -OCH3 is 1.